The molecule has 1 amide bonds. The molecule has 216 valence electrons. The molecular weight excluding hydrogens is 560 g/mol. The largest absolute Gasteiger partial charge is 0.497 e. The first-order chi connectivity index (χ1) is 20.4. The van der Waals surface area contributed by atoms with Crippen molar-refractivity contribution in [3.8, 4) is 11.5 Å². The predicted octanol–water partition coefficient (Wildman–Crippen LogP) is 3.34. The van der Waals surface area contributed by atoms with E-state index in [2.05, 4.69) is 20.5 Å². The molecule has 0 aliphatic carbocycles. The van der Waals surface area contributed by atoms with Crippen LogP contribution in [0, 0.1) is 0 Å². The molecule has 1 aliphatic heterocycles. The van der Waals surface area contributed by atoms with E-state index in [0.717, 1.165) is 5.75 Å². The molecule has 0 atom stereocenters. The van der Waals surface area contributed by atoms with Gasteiger partial charge in [0.25, 0.3) is 11.9 Å². The van der Waals surface area contributed by atoms with Gasteiger partial charge in [0.2, 0.25) is 10.0 Å². The summed E-state index contributed by atoms with van der Waals surface area (Å²) in [6.07, 6.45) is 0. The molecule has 0 bridgehead atoms. The summed E-state index contributed by atoms with van der Waals surface area (Å²) in [7, 11) is -2.19. The number of sulfonamides is 1. The minimum Gasteiger partial charge on any atom is -0.497 e. The smallest absolute Gasteiger partial charge is 0.258 e. The number of amides is 1. The SMILES string of the molecule is COc1ccc(C(=O)Nc2nnc3c4cc(S(=O)(=O)N5CCOCC5)ccc4n(CCOc4ccccc4)c3n2)cc1. The van der Waals surface area contributed by atoms with E-state index in [-0.39, 0.29) is 23.9 Å². The fourth-order valence-electron chi connectivity index (χ4n) is 4.80. The Bertz CT molecular complexity index is 1840. The number of aromatic nitrogens is 4. The average Bonchev–Trinajstić information content (AvgIpc) is 3.34. The van der Waals surface area contributed by atoms with E-state index in [1.807, 2.05) is 34.9 Å². The fraction of sp³-hybridized carbons (Fsp3) is 0.241. The maximum Gasteiger partial charge on any atom is 0.258 e. The van der Waals surface area contributed by atoms with Gasteiger partial charge in [0.15, 0.2) is 5.65 Å². The van der Waals surface area contributed by atoms with E-state index in [1.54, 1.807) is 49.6 Å². The van der Waals surface area contributed by atoms with Gasteiger partial charge in [-0.3, -0.25) is 10.1 Å². The molecule has 42 heavy (non-hydrogen) atoms. The Kier molecular flexibility index (Phi) is 7.69. The molecule has 0 saturated carbocycles. The van der Waals surface area contributed by atoms with Crippen LogP contribution in [0.4, 0.5) is 5.95 Å². The van der Waals surface area contributed by atoms with Gasteiger partial charge < -0.3 is 18.8 Å². The van der Waals surface area contributed by atoms with Crippen molar-refractivity contribution in [2.75, 3.05) is 45.3 Å². The van der Waals surface area contributed by atoms with Crippen molar-refractivity contribution >= 4 is 43.9 Å². The summed E-state index contributed by atoms with van der Waals surface area (Å²) in [5, 5.41) is 11.8. The molecule has 12 nitrogen and oxygen atoms in total. The molecule has 1 fully saturated rings. The van der Waals surface area contributed by atoms with E-state index in [1.165, 1.54) is 4.31 Å². The van der Waals surface area contributed by atoms with Crippen molar-refractivity contribution < 1.29 is 27.4 Å². The second-order valence-corrected chi connectivity index (χ2v) is 11.4. The molecule has 2 aromatic heterocycles. The molecule has 0 unspecified atom stereocenters. The van der Waals surface area contributed by atoms with E-state index >= 15 is 0 Å². The first-order valence-corrected chi connectivity index (χ1v) is 14.8. The molecule has 3 aromatic carbocycles. The molecule has 0 radical (unpaired) electrons. The molecule has 5 aromatic rings. The van der Waals surface area contributed by atoms with Crippen LogP contribution in [-0.4, -0.2) is 78.4 Å². The van der Waals surface area contributed by atoms with E-state index in [4.69, 9.17) is 14.2 Å². The van der Waals surface area contributed by atoms with Crippen LogP contribution in [0.3, 0.4) is 0 Å². The fourth-order valence-corrected chi connectivity index (χ4v) is 6.23. The topological polar surface area (TPSA) is 138 Å². The molecule has 13 heteroatoms. The van der Waals surface area contributed by atoms with Gasteiger partial charge in [0.1, 0.15) is 23.6 Å². The highest BCUT2D eigenvalue weighted by Gasteiger charge is 2.27. The number of rotatable bonds is 9. The summed E-state index contributed by atoms with van der Waals surface area (Å²) in [5.74, 6) is 0.950. The second kappa shape index (κ2) is 11.7. The Morgan fingerprint density at radius 1 is 0.976 bits per heavy atom. The molecule has 1 N–H and O–H groups in total. The average molecular weight is 589 g/mol. The summed E-state index contributed by atoms with van der Waals surface area (Å²) in [4.78, 5) is 17.6. The quantitative estimate of drug-likeness (QED) is 0.275. The molecule has 0 spiro atoms. The number of carbonyl (C=O) groups is 1. The molecule has 3 heterocycles. The Hall–Kier alpha value is -4.59. The van der Waals surface area contributed by atoms with Gasteiger partial charge in [0.05, 0.1) is 37.3 Å². The van der Waals surface area contributed by atoms with Gasteiger partial charge in [-0.15, -0.1) is 10.2 Å². The Morgan fingerprint density at radius 2 is 1.74 bits per heavy atom. The van der Waals surface area contributed by atoms with Gasteiger partial charge >= 0.3 is 0 Å². The molecule has 1 aliphatic rings. The number of methoxy groups -OCH3 is 1. The molecule has 1 saturated heterocycles. The zero-order valence-corrected chi connectivity index (χ0v) is 23.6. The van der Waals surface area contributed by atoms with Crippen molar-refractivity contribution in [3.05, 3.63) is 78.4 Å². The van der Waals surface area contributed by atoms with Crippen molar-refractivity contribution in [2.24, 2.45) is 0 Å². The van der Waals surface area contributed by atoms with Crippen LogP contribution in [0.2, 0.25) is 0 Å². The maximum absolute atomic E-state index is 13.4. The summed E-state index contributed by atoms with van der Waals surface area (Å²) >= 11 is 0. The van der Waals surface area contributed by atoms with Crippen molar-refractivity contribution in [2.45, 2.75) is 11.4 Å². The monoisotopic (exact) mass is 588 g/mol. The lowest BCUT2D eigenvalue weighted by Crippen LogP contribution is -2.40. The van der Waals surface area contributed by atoms with Crippen molar-refractivity contribution in [3.63, 3.8) is 0 Å². The Labute approximate surface area is 241 Å². The summed E-state index contributed by atoms with van der Waals surface area (Å²) in [6, 6.07) is 21.0. The van der Waals surface area contributed by atoms with Crippen molar-refractivity contribution in [1.82, 2.24) is 24.1 Å². The summed E-state index contributed by atoms with van der Waals surface area (Å²) < 4.78 is 46.5. The van der Waals surface area contributed by atoms with Crippen LogP contribution < -0.4 is 14.8 Å². The predicted molar refractivity (Wildman–Crippen MR) is 155 cm³/mol. The van der Waals surface area contributed by atoms with Crippen LogP contribution >= 0.6 is 0 Å². The number of ether oxygens (including phenoxy) is 3. The highest BCUT2D eigenvalue weighted by Crippen LogP contribution is 2.30. The number of fused-ring (bicyclic) bond motifs is 3. The lowest BCUT2D eigenvalue weighted by Gasteiger charge is -2.26. The molecule has 6 rings (SSSR count). The number of morpholine rings is 1. The highest BCUT2D eigenvalue weighted by atomic mass is 32.2. The lowest BCUT2D eigenvalue weighted by atomic mass is 10.2. The highest BCUT2D eigenvalue weighted by molar-refractivity contribution is 7.89. The summed E-state index contributed by atoms with van der Waals surface area (Å²) in [5.41, 5.74) is 1.95. The van der Waals surface area contributed by atoms with Gasteiger partial charge in [-0.2, -0.15) is 9.29 Å². The van der Waals surface area contributed by atoms with Gasteiger partial charge in [-0.25, -0.2) is 8.42 Å². The number of nitrogens with one attached hydrogen (secondary N) is 1. The number of nitrogens with zero attached hydrogens (tertiary/aromatic N) is 5. The third-order valence-corrected chi connectivity index (χ3v) is 8.84. The van der Waals surface area contributed by atoms with Gasteiger partial charge in [-0.05, 0) is 54.6 Å². The minimum atomic E-state index is -3.74. The Balaban J connectivity index is 1.36. The minimum absolute atomic E-state index is 0.0116. The van der Waals surface area contributed by atoms with Gasteiger partial charge in [0, 0.05) is 24.0 Å². The normalized spacial score (nSPS) is 14.2. The Morgan fingerprint density at radius 3 is 2.48 bits per heavy atom. The number of hydrogen-bond donors (Lipinski definition) is 1. The van der Waals surface area contributed by atoms with E-state index < -0.39 is 15.9 Å². The first kappa shape index (κ1) is 27.6. The van der Waals surface area contributed by atoms with Crippen molar-refractivity contribution in [1.29, 1.82) is 0 Å². The number of anilines is 1. The molecular formula is C29H28N6O6S. The zero-order chi connectivity index (χ0) is 29.1. The lowest BCUT2D eigenvalue weighted by molar-refractivity contribution is 0.0730. The van der Waals surface area contributed by atoms with Crippen LogP contribution in [0.25, 0.3) is 22.1 Å². The van der Waals surface area contributed by atoms with Crippen LogP contribution in [-0.2, 0) is 21.3 Å². The number of carbonyl (C=O) groups excluding carboxylic acids is 1. The van der Waals surface area contributed by atoms with Crippen LogP contribution in [0.15, 0.2) is 77.7 Å². The number of benzene rings is 3. The van der Waals surface area contributed by atoms with Gasteiger partial charge in [-0.1, -0.05) is 18.2 Å². The van der Waals surface area contributed by atoms with Crippen LogP contribution in [0.1, 0.15) is 10.4 Å². The first-order valence-electron chi connectivity index (χ1n) is 13.3. The number of para-hydroxylation sites is 1. The van der Waals surface area contributed by atoms with E-state index in [0.29, 0.717) is 59.7 Å². The third kappa shape index (κ3) is 5.49. The number of hydrogen-bond acceptors (Lipinski definition) is 9. The zero-order valence-electron chi connectivity index (χ0n) is 22.8. The summed E-state index contributed by atoms with van der Waals surface area (Å²) in [6.45, 7) is 1.98. The maximum atomic E-state index is 13.4. The van der Waals surface area contributed by atoms with Crippen LogP contribution in [0.5, 0.6) is 11.5 Å². The standard InChI is InChI=1S/C29H28N6O6S/c1-39-21-9-7-20(8-10-21)28(36)31-29-30-27-26(32-33-29)24-19-23(42(37,38)34-13-16-40-17-14-34)11-12-25(24)35(27)15-18-41-22-5-3-2-4-6-22/h2-12,19H,13-18H2,1H3,(H,30,31,33,36). The third-order valence-electron chi connectivity index (χ3n) is 6.95. The second-order valence-electron chi connectivity index (χ2n) is 9.50. The van der Waals surface area contributed by atoms with E-state index in [9.17, 15) is 13.2 Å².